The van der Waals surface area contributed by atoms with Gasteiger partial charge in [0.05, 0.1) is 12.7 Å². The summed E-state index contributed by atoms with van der Waals surface area (Å²) in [5.41, 5.74) is 1.25. The minimum Gasteiger partial charge on any atom is -0.396 e. The van der Waals surface area contributed by atoms with Gasteiger partial charge in [-0.3, -0.25) is 0 Å². The molecule has 0 aliphatic heterocycles. The van der Waals surface area contributed by atoms with Crippen molar-refractivity contribution in [3.63, 3.8) is 0 Å². The van der Waals surface area contributed by atoms with Gasteiger partial charge in [0.1, 0.15) is 0 Å². The van der Waals surface area contributed by atoms with Crippen molar-refractivity contribution in [1.82, 2.24) is 0 Å². The molecule has 1 N–H and O–H groups in total. The second kappa shape index (κ2) is 7.77. The van der Waals surface area contributed by atoms with Crippen LogP contribution in [-0.4, -0.2) is 31.5 Å². The molecule has 0 bridgehead atoms. The summed E-state index contributed by atoms with van der Waals surface area (Å²) in [4.78, 5) is 0. The van der Waals surface area contributed by atoms with E-state index in [1.54, 1.807) is 7.11 Å². The highest BCUT2D eigenvalue weighted by Crippen LogP contribution is 2.39. The SMILES string of the molecule is COC1CCC(CO)(CCOCc2ccccc2)CC1. The van der Waals surface area contributed by atoms with Crippen molar-refractivity contribution in [3.8, 4) is 0 Å². The van der Waals surface area contributed by atoms with Crippen LogP contribution in [0.1, 0.15) is 37.7 Å². The molecule has 0 unspecified atom stereocenters. The van der Waals surface area contributed by atoms with Gasteiger partial charge in [-0.05, 0) is 43.1 Å². The van der Waals surface area contributed by atoms with Crippen LogP contribution in [-0.2, 0) is 16.1 Å². The lowest BCUT2D eigenvalue weighted by Crippen LogP contribution is -2.34. The number of ether oxygens (including phenoxy) is 2. The Labute approximate surface area is 121 Å². The minimum atomic E-state index is 0.0473. The quantitative estimate of drug-likeness (QED) is 0.779. The molecule has 1 fully saturated rings. The van der Waals surface area contributed by atoms with Crippen LogP contribution < -0.4 is 0 Å². The zero-order chi connectivity index (χ0) is 14.3. The molecular formula is C17H26O3. The second-order valence-corrected chi connectivity index (χ2v) is 5.88. The van der Waals surface area contributed by atoms with Gasteiger partial charge in [0, 0.05) is 20.3 Å². The number of aliphatic hydroxyl groups is 1. The van der Waals surface area contributed by atoms with Crippen molar-refractivity contribution in [2.45, 2.75) is 44.8 Å². The van der Waals surface area contributed by atoms with Gasteiger partial charge in [0.25, 0.3) is 0 Å². The van der Waals surface area contributed by atoms with E-state index in [0.29, 0.717) is 19.3 Å². The third-order valence-electron chi connectivity index (χ3n) is 4.55. The number of methoxy groups -OCH3 is 1. The first-order valence-corrected chi connectivity index (χ1v) is 7.53. The highest BCUT2D eigenvalue weighted by Gasteiger charge is 2.34. The Morgan fingerprint density at radius 3 is 2.50 bits per heavy atom. The molecule has 20 heavy (non-hydrogen) atoms. The summed E-state index contributed by atoms with van der Waals surface area (Å²) in [6.45, 7) is 1.63. The monoisotopic (exact) mass is 278 g/mol. The molecule has 2 rings (SSSR count). The average molecular weight is 278 g/mol. The van der Waals surface area contributed by atoms with Crippen molar-refractivity contribution in [2.24, 2.45) is 5.41 Å². The Morgan fingerprint density at radius 1 is 1.20 bits per heavy atom. The summed E-state index contributed by atoms with van der Waals surface area (Å²) in [5, 5.41) is 9.72. The van der Waals surface area contributed by atoms with E-state index in [4.69, 9.17) is 9.47 Å². The minimum absolute atomic E-state index is 0.0473. The first-order valence-electron chi connectivity index (χ1n) is 7.53. The summed E-state index contributed by atoms with van der Waals surface area (Å²) in [6, 6.07) is 10.2. The van der Waals surface area contributed by atoms with Crippen molar-refractivity contribution in [3.05, 3.63) is 35.9 Å². The first-order chi connectivity index (χ1) is 9.78. The van der Waals surface area contributed by atoms with E-state index < -0.39 is 0 Å². The second-order valence-electron chi connectivity index (χ2n) is 5.88. The normalized spacial score (nSPS) is 26.6. The molecule has 0 atom stereocenters. The Morgan fingerprint density at radius 2 is 1.90 bits per heavy atom. The van der Waals surface area contributed by atoms with Crippen LogP contribution in [0, 0.1) is 5.41 Å². The maximum absolute atomic E-state index is 9.72. The molecule has 0 aromatic heterocycles. The maximum atomic E-state index is 9.72. The lowest BCUT2D eigenvalue weighted by Gasteiger charge is -2.38. The lowest BCUT2D eigenvalue weighted by atomic mass is 9.72. The third kappa shape index (κ3) is 4.30. The Bertz CT molecular complexity index is 369. The van der Waals surface area contributed by atoms with Gasteiger partial charge in [0.15, 0.2) is 0 Å². The summed E-state index contributed by atoms with van der Waals surface area (Å²) in [7, 11) is 1.78. The molecule has 0 spiro atoms. The largest absolute Gasteiger partial charge is 0.396 e. The lowest BCUT2D eigenvalue weighted by molar-refractivity contribution is -0.0189. The molecular weight excluding hydrogens is 252 g/mol. The number of hydrogen-bond acceptors (Lipinski definition) is 3. The van der Waals surface area contributed by atoms with Crippen molar-refractivity contribution in [2.75, 3.05) is 20.3 Å². The molecule has 1 saturated carbocycles. The number of benzene rings is 1. The van der Waals surface area contributed by atoms with E-state index >= 15 is 0 Å². The molecule has 3 nitrogen and oxygen atoms in total. The van der Waals surface area contributed by atoms with Crippen LogP contribution in [0.25, 0.3) is 0 Å². The molecule has 1 aromatic rings. The fourth-order valence-electron chi connectivity index (χ4n) is 2.98. The summed E-state index contributed by atoms with van der Waals surface area (Å²) in [5.74, 6) is 0. The highest BCUT2D eigenvalue weighted by atomic mass is 16.5. The molecule has 1 aliphatic carbocycles. The topological polar surface area (TPSA) is 38.7 Å². The van der Waals surface area contributed by atoms with Gasteiger partial charge in [-0.2, -0.15) is 0 Å². The molecule has 112 valence electrons. The van der Waals surface area contributed by atoms with E-state index in [0.717, 1.165) is 32.1 Å². The van der Waals surface area contributed by atoms with Crippen LogP contribution in [0.15, 0.2) is 30.3 Å². The first kappa shape index (κ1) is 15.5. The molecule has 0 saturated heterocycles. The van der Waals surface area contributed by atoms with Gasteiger partial charge in [-0.15, -0.1) is 0 Å². The van der Waals surface area contributed by atoms with Crippen molar-refractivity contribution >= 4 is 0 Å². The fraction of sp³-hybridized carbons (Fsp3) is 0.647. The molecule has 0 radical (unpaired) electrons. The number of rotatable bonds is 7. The van der Waals surface area contributed by atoms with E-state index in [2.05, 4.69) is 12.1 Å². The molecule has 1 aliphatic rings. The summed E-state index contributed by atoms with van der Waals surface area (Å²) in [6.07, 6.45) is 5.49. The third-order valence-corrected chi connectivity index (χ3v) is 4.55. The Hall–Kier alpha value is -0.900. The maximum Gasteiger partial charge on any atom is 0.0716 e. The molecule has 0 heterocycles. The van der Waals surface area contributed by atoms with E-state index in [1.807, 2.05) is 18.2 Å². The molecule has 1 aromatic carbocycles. The summed E-state index contributed by atoms with van der Waals surface area (Å²) < 4.78 is 11.2. The molecule has 3 heteroatoms. The predicted molar refractivity (Wildman–Crippen MR) is 79.5 cm³/mol. The number of hydrogen-bond donors (Lipinski definition) is 1. The summed E-state index contributed by atoms with van der Waals surface area (Å²) >= 11 is 0. The smallest absolute Gasteiger partial charge is 0.0716 e. The predicted octanol–water partition coefficient (Wildman–Crippen LogP) is 3.16. The van der Waals surface area contributed by atoms with E-state index in [1.165, 1.54) is 5.56 Å². The zero-order valence-electron chi connectivity index (χ0n) is 12.4. The average Bonchev–Trinajstić information content (AvgIpc) is 2.53. The molecule has 0 amide bonds. The van der Waals surface area contributed by atoms with Crippen molar-refractivity contribution < 1.29 is 14.6 Å². The Kier molecular flexibility index (Phi) is 6.02. The van der Waals surface area contributed by atoms with Crippen LogP contribution in [0.5, 0.6) is 0 Å². The van der Waals surface area contributed by atoms with E-state index in [-0.39, 0.29) is 12.0 Å². The van der Waals surface area contributed by atoms with Gasteiger partial charge in [0.2, 0.25) is 0 Å². The Balaban J connectivity index is 1.71. The van der Waals surface area contributed by atoms with Crippen LogP contribution in [0.4, 0.5) is 0 Å². The van der Waals surface area contributed by atoms with Crippen LogP contribution >= 0.6 is 0 Å². The standard InChI is InChI=1S/C17H26O3/c1-19-16-7-9-17(14-18,10-8-16)11-12-20-13-15-5-3-2-4-6-15/h2-6,16,18H,7-14H2,1H3. The van der Waals surface area contributed by atoms with Crippen LogP contribution in [0.3, 0.4) is 0 Å². The zero-order valence-corrected chi connectivity index (χ0v) is 12.4. The van der Waals surface area contributed by atoms with E-state index in [9.17, 15) is 5.11 Å². The van der Waals surface area contributed by atoms with Crippen LogP contribution in [0.2, 0.25) is 0 Å². The van der Waals surface area contributed by atoms with Gasteiger partial charge >= 0.3 is 0 Å². The highest BCUT2D eigenvalue weighted by molar-refractivity contribution is 5.13. The number of aliphatic hydroxyl groups excluding tert-OH is 1. The van der Waals surface area contributed by atoms with Gasteiger partial charge < -0.3 is 14.6 Å². The van der Waals surface area contributed by atoms with Gasteiger partial charge in [-0.1, -0.05) is 30.3 Å². The fourth-order valence-corrected chi connectivity index (χ4v) is 2.98. The van der Waals surface area contributed by atoms with Crippen molar-refractivity contribution in [1.29, 1.82) is 0 Å². The van der Waals surface area contributed by atoms with Gasteiger partial charge in [-0.25, -0.2) is 0 Å².